The highest BCUT2D eigenvalue weighted by atomic mass is 16.6. The maximum atomic E-state index is 10.9. The lowest BCUT2D eigenvalue weighted by Gasteiger charge is -2.10. The third-order valence-electron chi connectivity index (χ3n) is 2.32. The van der Waals surface area contributed by atoms with Crippen molar-refractivity contribution in [3.8, 4) is 6.07 Å². The Morgan fingerprint density at radius 1 is 1.44 bits per heavy atom. The smallest absolute Gasteiger partial charge is 0.293 e. The van der Waals surface area contributed by atoms with Gasteiger partial charge in [-0.1, -0.05) is 13.8 Å². The van der Waals surface area contributed by atoms with Crippen molar-refractivity contribution in [1.82, 2.24) is 5.32 Å². The molecule has 96 valence electrons. The Labute approximate surface area is 106 Å². The quantitative estimate of drug-likeness (QED) is 0.455. The number of nitrogens with zero attached hydrogens (tertiary/aromatic N) is 2. The van der Waals surface area contributed by atoms with Gasteiger partial charge in [-0.15, -0.1) is 0 Å². The molecule has 0 aliphatic carbocycles. The second kappa shape index (κ2) is 6.57. The highest BCUT2D eigenvalue weighted by molar-refractivity contribution is 5.64. The van der Waals surface area contributed by atoms with Crippen LogP contribution >= 0.6 is 0 Å². The van der Waals surface area contributed by atoms with Gasteiger partial charge in [0, 0.05) is 25.2 Å². The molecule has 1 rings (SSSR count). The molecule has 2 N–H and O–H groups in total. The first-order valence-corrected chi connectivity index (χ1v) is 5.70. The lowest BCUT2D eigenvalue weighted by atomic mass is 10.2. The Balaban J connectivity index is 2.70. The molecular formula is C12H16N4O2. The van der Waals surface area contributed by atoms with Crippen LogP contribution in [0.3, 0.4) is 0 Å². The van der Waals surface area contributed by atoms with Crippen LogP contribution in [-0.2, 0) is 0 Å². The van der Waals surface area contributed by atoms with Gasteiger partial charge in [0.15, 0.2) is 0 Å². The van der Waals surface area contributed by atoms with Crippen LogP contribution in [0.1, 0.15) is 19.4 Å². The molecule has 6 nitrogen and oxygen atoms in total. The zero-order valence-corrected chi connectivity index (χ0v) is 10.4. The molecule has 0 heterocycles. The van der Waals surface area contributed by atoms with E-state index in [1.807, 2.05) is 19.9 Å². The minimum Gasteiger partial charge on any atom is -0.378 e. The summed E-state index contributed by atoms with van der Waals surface area (Å²) in [7, 11) is 0. The maximum absolute atomic E-state index is 10.9. The van der Waals surface area contributed by atoms with Gasteiger partial charge in [0.1, 0.15) is 5.69 Å². The Bertz CT molecular complexity index is 466. The lowest BCUT2D eigenvalue weighted by molar-refractivity contribution is -0.384. The van der Waals surface area contributed by atoms with Gasteiger partial charge in [0.25, 0.3) is 5.69 Å². The van der Waals surface area contributed by atoms with E-state index in [4.69, 9.17) is 5.26 Å². The first kappa shape index (κ1) is 13.9. The SMILES string of the molecule is CC(C)NCCNc1ccc(C#N)cc1[N+](=O)[O-]. The van der Waals surface area contributed by atoms with Crippen LogP contribution in [0.2, 0.25) is 0 Å². The van der Waals surface area contributed by atoms with E-state index in [2.05, 4.69) is 10.6 Å². The lowest BCUT2D eigenvalue weighted by Crippen LogP contribution is -2.28. The fourth-order valence-electron chi connectivity index (χ4n) is 1.46. The van der Waals surface area contributed by atoms with Crippen LogP contribution in [0.15, 0.2) is 18.2 Å². The Morgan fingerprint density at radius 2 is 2.17 bits per heavy atom. The van der Waals surface area contributed by atoms with Crippen molar-refractivity contribution >= 4 is 11.4 Å². The molecule has 0 spiro atoms. The van der Waals surface area contributed by atoms with E-state index in [9.17, 15) is 10.1 Å². The summed E-state index contributed by atoms with van der Waals surface area (Å²) >= 11 is 0. The maximum Gasteiger partial charge on any atom is 0.293 e. The summed E-state index contributed by atoms with van der Waals surface area (Å²) in [5.74, 6) is 0. The first-order valence-electron chi connectivity index (χ1n) is 5.70. The van der Waals surface area contributed by atoms with Crippen LogP contribution in [0, 0.1) is 21.4 Å². The predicted octanol–water partition coefficient (Wildman–Crippen LogP) is 1.88. The summed E-state index contributed by atoms with van der Waals surface area (Å²) in [5, 5.41) is 25.8. The molecule has 0 aliphatic rings. The van der Waals surface area contributed by atoms with Crippen molar-refractivity contribution in [1.29, 1.82) is 5.26 Å². The van der Waals surface area contributed by atoms with Crippen molar-refractivity contribution < 1.29 is 4.92 Å². The molecule has 0 atom stereocenters. The fourth-order valence-corrected chi connectivity index (χ4v) is 1.46. The summed E-state index contributed by atoms with van der Waals surface area (Å²) in [6, 6.07) is 6.66. The van der Waals surface area contributed by atoms with Crippen molar-refractivity contribution in [2.24, 2.45) is 0 Å². The van der Waals surface area contributed by atoms with E-state index in [1.54, 1.807) is 12.1 Å². The number of rotatable bonds is 6. The van der Waals surface area contributed by atoms with Gasteiger partial charge < -0.3 is 10.6 Å². The second-order valence-electron chi connectivity index (χ2n) is 4.14. The molecule has 0 fully saturated rings. The fraction of sp³-hybridized carbons (Fsp3) is 0.417. The highest BCUT2D eigenvalue weighted by Crippen LogP contribution is 2.24. The molecule has 0 radical (unpaired) electrons. The third kappa shape index (κ3) is 4.03. The van der Waals surface area contributed by atoms with Gasteiger partial charge in [-0.2, -0.15) is 5.26 Å². The predicted molar refractivity (Wildman–Crippen MR) is 69.4 cm³/mol. The molecule has 0 unspecified atom stereocenters. The number of hydrogen-bond donors (Lipinski definition) is 2. The monoisotopic (exact) mass is 248 g/mol. The Morgan fingerprint density at radius 3 is 2.72 bits per heavy atom. The molecule has 0 aromatic heterocycles. The molecule has 0 amide bonds. The minimum atomic E-state index is -0.487. The average molecular weight is 248 g/mol. The largest absolute Gasteiger partial charge is 0.378 e. The zero-order valence-electron chi connectivity index (χ0n) is 10.4. The molecule has 6 heteroatoms. The standard InChI is InChI=1S/C12H16N4O2/c1-9(2)14-5-6-15-11-4-3-10(8-13)7-12(11)16(17)18/h3-4,7,9,14-15H,5-6H2,1-2H3. The van der Waals surface area contributed by atoms with Gasteiger partial charge in [-0.25, -0.2) is 0 Å². The van der Waals surface area contributed by atoms with Crippen LogP contribution in [0.4, 0.5) is 11.4 Å². The van der Waals surface area contributed by atoms with E-state index < -0.39 is 4.92 Å². The van der Waals surface area contributed by atoms with Gasteiger partial charge >= 0.3 is 0 Å². The van der Waals surface area contributed by atoms with E-state index in [1.165, 1.54) is 6.07 Å². The second-order valence-corrected chi connectivity index (χ2v) is 4.14. The summed E-state index contributed by atoms with van der Waals surface area (Å²) < 4.78 is 0. The summed E-state index contributed by atoms with van der Waals surface area (Å²) in [5.41, 5.74) is 0.649. The molecule has 0 bridgehead atoms. The third-order valence-corrected chi connectivity index (χ3v) is 2.32. The van der Waals surface area contributed by atoms with E-state index in [0.29, 0.717) is 18.3 Å². The number of nitrogens with one attached hydrogen (secondary N) is 2. The van der Waals surface area contributed by atoms with E-state index in [0.717, 1.165) is 6.54 Å². The molecular weight excluding hydrogens is 232 g/mol. The normalized spacial score (nSPS) is 10.1. The summed E-state index contributed by atoms with van der Waals surface area (Å²) in [6.45, 7) is 5.37. The van der Waals surface area contributed by atoms with Crippen molar-refractivity contribution in [2.75, 3.05) is 18.4 Å². The van der Waals surface area contributed by atoms with Crippen LogP contribution in [0.5, 0.6) is 0 Å². The highest BCUT2D eigenvalue weighted by Gasteiger charge is 2.13. The molecule has 0 aliphatic heterocycles. The number of anilines is 1. The number of benzene rings is 1. The van der Waals surface area contributed by atoms with Crippen molar-refractivity contribution in [2.45, 2.75) is 19.9 Å². The van der Waals surface area contributed by atoms with E-state index >= 15 is 0 Å². The van der Waals surface area contributed by atoms with Crippen LogP contribution < -0.4 is 10.6 Å². The topological polar surface area (TPSA) is 91.0 Å². The Hall–Kier alpha value is -2.13. The number of nitro benzene ring substituents is 1. The van der Waals surface area contributed by atoms with Gasteiger partial charge in [0.05, 0.1) is 16.6 Å². The minimum absolute atomic E-state index is 0.0707. The van der Waals surface area contributed by atoms with Crippen molar-refractivity contribution in [3.05, 3.63) is 33.9 Å². The van der Waals surface area contributed by atoms with Gasteiger partial charge in [-0.3, -0.25) is 10.1 Å². The number of nitriles is 1. The van der Waals surface area contributed by atoms with Crippen molar-refractivity contribution in [3.63, 3.8) is 0 Å². The first-order chi connectivity index (χ1) is 8.54. The average Bonchev–Trinajstić information content (AvgIpc) is 2.34. The zero-order chi connectivity index (χ0) is 13.5. The van der Waals surface area contributed by atoms with Crippen LogP contribution in [-0.4, -0.2) is 24.1 Å². The molecule has 0 saturated heterocycles. The van der Waals surface area contributed by atoms with Gasteiger partial charge in [-0.05, 0) is 12.1 Å². The molecule has 0 saturated carbocycles. The van der Waals surface area contributed by atoms with Crippen LogP contribution in [0.25, 0.3) is 0 Å². The number of hydrogen-bond acceptors (Lipinski definition) is 5. The summed E-state index contributed by atoms with van der Waals surface area (Å²) in [6.07, 6.45) is 0. The Kier molecular flexibility index (Phi) is 5.08. The molecule has 1 aromatic carbocycles. The number of nitro groups is 1. The summed E-state index contributed by atoms with van der Waals surface area (Å²) in [4.78, 5) is 10.4. The molecule has 1 aromatic rings. The molecule has 18 heavy (non-hydrogen) atoms. The van der Waals surface area contributed by atoms with Gasteiger partial charge in [0.2, 0.25) is 0 Å². The van der Waals surface area contributed by atoms with E-state index in [-0.39, 0.29) is 11.3 Å².